The van der Waals surface area contributed by atoms with E-state index in [9.17, 15) is 28.2 Å². The largest absolute Gasteiger partial charge is 0.416 e. The lowest BCUT2D eigenvalue weighted by molar-refractivity contribution is -0.137. The Kier molecular flexibility index (Phi) is 9.03. The predicted octanol–water partition coefficient (Wildman–Crippen LogP) is 1.60. The van der Waals surface area contributed by atoms with Gasteiger partial charge < -0.3 is 26.2 Å². The summed E-state index contributed by atoms with van der Waals surface area (Å²) < 4.78 is 53.7. The number of β-amino-alcohol motifs (C(OH)–C–C–N with tert-alkyl or cyclic N) is 1. The Balaban J connectivity index is 1.64. The van der Waals surface area contributed by atoms with E-state index in [4.69, 9.17) is 5.73 Å². The summed E-state index contributed by atoms with van der Waals surface area (Å²) in [5, 5.41) is 22.8. The van der Waals surface area contributed by atoms with Gasteiger partial charge in [-0.1, -0.05) is 12.1 Å². The standard InChI is InChI=1S/C23H30F4N6O3/c1-2-32(10-14-3-5-16(6-4-14)23(25,26)27)22-19(24)21(30-13-31-22)29-9-15-7-8-33(11-18(15)35)17(12-34)20(28)36/h3-6,13,15,17-18,34-35H,2,7-12H2,1H3,(H2,28,36)(H,29,30,31). The second-order valence-electron chi connectivity index (χ2n) is 8.66. The van der Waals surface area contributed by atoms with Crippen LogP contribution in [-0.2, 0) is 17.5 Å². The number of nitrogens with one attached hydrogen (secondary N) is 1. The molecule has 0 saturated carbocycles. The Labute approximate surface area is 205 Å². The number of hydrogen-bond donors (Lipinski definition) is 4. The Morgan fingerprint density at radius 1 is 1.31 bits per heavy atom. The van der Waals surface area contributed by atoms with Crippen molar-refractivity contribution in [2.24, 2.45) is 11.7 Å². The molecule has 3 rings (SSSR count). The molecule has 1 aromatic heterocycles. The van der Waals surface area contributed by atoms with Gasteiger partial charge in [-0.2, -0.15) is 17.6 Å². The fourth-order valence-corrected chi connectivity index (χ4v) is 4.20. The van der Waals surface area contributed by atoms with E-state index in [0.29, 0.717) is 25.1 Å². The molecule has 2 heterocycles. The van der Waals surface area contributed by atoms with E-state index in [-0.39, 0.29) is 37.2 Å². The van der Waals surface area contributed by atoms with Gasteiger partial charge in [-0.05, 0) is 37.6 Å². The molecular weight excluding hydrogens is 484 g/mol. The molecule has 3 unspecified atom stereocenters. The van der Waals surface area contributed by atoms with Crippen LogP contribution in [0.1, 0.15) is 24.5 Å². The topological polar surface area (TPSA) is 128 Å². The average Bonchev–Trinajstić information content (AvgIpc) is 2.83. The normalized spacial score (nSPS) is 19.6. The predicted molar refractivity (Wildman–Crippen MR) is 124 cm³/mol. The van der Waals surface area contributed by atoms with Crippen LogP contribution in [-0.4, -0.2) is 75.9 Å². The number of hydrogen-bond acceptors (Lipinski definition) is 8. The van der Waals surface area contributed by atoms with Crippen molar-refractivity contribution in [2.75, 3.05) is 43.0 Å². The lowest BCUT2D eigenvalue weighted by Gasteiger charge is -2.38. The molecule has 0 aliphatic carbocycles. The monoisotopic (exact) mass is 514 g/mol. The SMILES string of the molecule is CCN(Cc1ccc(C(F)(F)F)cc1)c1ncnc(NCC2CCN(C(CO)C(N)=O)CC2O)c1F. The summed E-state index contributed by atoms with van der Waals surface area (Å²) in [5.74, 6) is -1.72. The molecule has 0 spiro atoms. The Hall–Kier alpha value is -3.03. The van der Waals surface area contributed by atoms with Gasteiger partial charge in [0, 0.05) is 32.1 Å². The van der Waals surface area contributed by atoms with Crippen LogP contribution in [0.25, 0.3) is 0 Å². The molecule has 36 heavy (non-hydrogen) atoms. The number of nitrogens with zero attached hydrogens (tertiary/aromatic N) is 4. The molecule has 0 radical (unpaired) electrons. The van der Waals surface area contributed by atoms with E-state index in [1.165, 1.54) is 18.5 Å². The van der Waals surface area contributed by atoms with Crippen LogP contribution < -0.4 is 16.0 Å². The average molecular weight is 515 g/mol. The van der Waals surface area contributed by atoms with Crippen LogP contribution in [0.15, 0.2) is 30.6 Å². The number of aromatic nitrogens is 2. The fraction of sp³-hybridized carbons (Fsp3) is 0.522. The van der Waals surface area contributed by atoms with Crippen LogP contribution in [0.3, 0.4) is 0 Å². The quantitative estimate of drug-likeness (QED) is 0.352. The zero-order chi connectivity index (χ0) is 26.5. The van der Waals surface area contributed by atoms with Gasteiger partial charge in [0.05, 0.1) is 18.3 Å². The minimum absolute atomic E-state index is 0.00230. The maximum Gasteiger partial charge on any atom is 0.416 e. The van der Waals surface area contributed by atoms with Gasteiger partial charge in [0.15, 0.2) is 11.6 Å². The van der Waals surface area contributed by atoms with Crippen molar-refractivity contribution in [3.8, 4) is 0 Å². The highest BCUT2D eigenvalue weighted by Crippen LogP contribution is 2.30. The second-order valence-corrected chi connectivity index (χ2v) is 8.66. The van der Waals surface area contributed by atoms with E-state index < -0.39 is 42.2 Å². The van der Waals surface area contributed by atoms with Crippen LogP contribution in [0, 0.1) is 11.7 Å². The molecule has 1 fully saturated rings. The first-order chi connectivity index (χ1) is 17.0. The van der Waals surface area contributed by atoms with E-state index in [1.54, 1.807) is 16.7 Å². The zero-order valence-electron chi connectivity index (χ0n) is 19.7. The molecule has 1 aromatic carbocycles. The molecule has 1 amide bonds. The molecule has 13 heteroatoms. The number of carbonyl (C=O) groups is 1. The van der Waals surface area contributed by atoms with Crippen LogP contribution in [0.2, 0.25) is 0 Å². The summed E-state index contributed by atoms with van der Waals surface area (Å²) in [7, 11) is 0. The Morgan fingerprint density at radius 2 is 2.00 bits per heavy atom. The molecule has 1 aliphatic heterocycles. The number of alkyl halides is 3. The van der Waals surface area contributed by atoms with Crippen molar-refractivity contribution in [3.63, 3.8) is 0 Å². The smallest absolute Gasteiger partial charge is 0.394 e. The van der Waals surface area contributed by atoms with Crippen molar-refractivity contribution >= 4 is 17.5 Å². The molecule has 3 atom stereocenters. The maximum absolute atomic E-state index is 15.3. The highest BCUT2D eigenvalue weighted by Gasteiger charge is 2.33. The number of halogens is 4. The molecule has 5 N–H and O–H groups in total. The summed E-state index contributed by atoms with van der Waals surface area (Å²) in [6, 6.07) is 3.78. The molecule has 2 aromatic rings. The van der Waals surface area contributed by atoms with Crippen molar-refractivity contribution in [1.29, 1.82) is 0 Å². The summed E-state index contributed by atoms with van der Waals surface area (Å²) in [5.41, 5.74) is 5.09. The van der Waals surface area contributed by atoms with E-state index in [2.05, 4.69) is 15.3 Å². The molecule has 1 saturated heterocycles. The summed E-state index contributed by atoms with van der Waals surface area (Å²) in [4.78, 5) is 22.6. The number of aliphatic hydroxyl groups is 2. The number of benzene rings is 1. The highest BCUT2D eigenvalue weighted by molar-refractivity contribution is 5.80. The van der Waals surface area contributed by atoms with Gasteiger partial charge in [-0.25, -0.2) is 9.97 Å². The minimum Gasteiger partial charge on any atom is -0.394 e. The molecule has 198 valence electrons. The number of piperidine rings is 1. The molecule has 9 nitrogen and oxygen atoms in total. The first-order valence-electron chi connectivity index (χ1n) is 11.5. The summed E-state index contributed by atoms with van der Waals surface area (Å²) >= 11 is 0. The fourth-order valence-electron chi connectivity index (χ4n) is 4.20. The molecule has 0 bridgehead atoms. The minimum atomic E-state index is -4.44. The third-order valence-electron chi connectivity index (χ3n) is 6.33. The third-order valence-corrected chi connectivity index (χ3v) is 6.33. The number of nitrogens with two attached hydrogens (primary N) is 1. The number of aliphatic hydroxyl groups excluding tert-OH is 2. The van der Waals surface area contributed by atoms with Gasteiger partial charge in [-0.3, -0.25) is 9.69 Å². The van der Waals surface area contributed by atoms with Crippen molar-refractivity contribution < 1.29 is 32.6 Å². The maximum atomic E-state index is 15.3. The number of carbonyl (C=O) groups excluding carboxylic acids is 1. The van der Waals surface area contributed by atoms with Gasteiger partial charge in [0.1, 0.15) is 12.4 Å². The van der Waals surface area contributed by atoms with E-state index >= 15 is 4.39 Å². The number of anilines is 2. The van der Waals surface area contributed by atoms with Gasteiger partial charge in [0.25, 0.3) is 0 Å². The van der Waals surface area contributed by atoms with Gasteiger partial charge in [0.2, 0.25) is 11.7 Å². The Morgan fingerprint density at radius 3 is 2.56 bits per heavy atom. The van der Waals surface area contributed by atoms with Crippen LogP contribution >= 0.6 is 0 Å². The van der Waals surface area contributed by atoms with Crippen LogP contribution in [0.4, 0.5) is 29.2 Å². The molecule has 1 aliphatic rings. The second kappa shape index (κ2) is 11.8. The van der Waals surface area contributed by atoms with Crippen LogP contribution in [0.5, 0.6) is 0 Å². The summed E-state index contributed by atoms with van der Waals surface area (Å²) in [6.45, 7) is 2.58. The number of likely N-dealkylation sites (tertiary alicyclic amines) is 1. The van der Waals surface area contributed by atoms with E-state index in [0.717, 1.165) is 12.1 Å². The van der Waals surface area contributed by atoms with Gasteiger partial charge in [-0.15, -0.1) is 0 Å². The lowest BCUT2D eigenvalue weighted by atomic mass is 9.92. The summed E-state index contributed by atoms with van der Waals surface area (Å²) in [6.07, 6.45) is -3.61. The number of rotatable bonds is 10. The number of primary amides is 1. The van der Waals surface area contributed by atoms with Crippen molar-refractivity contribution in [2.45, 2.75) is 38.2 Å². The van der Waals surface area contributed by atoms with Crippen molar-refractivity contribution in [1.82, 2.24) is 14.9 Å². The molecular formula is C23H30F4N6O3. The van der Waals surface area contributed by atoms with E-state index in [1.807, 2.05) is 0 Å². The third kappa shape index (κ3) is 6.59. The zero-order valence-corrected chi connectivity index (χ0v) is 19.7. The van der Waals surface area contributed by atoms with Crippen molar-refractivity contribution in [3.05, 3.63) is 47.5 Å². The van der Waals surface area contributed by atoms with Gasteiger partial charge >= 0.3 is 6.18 Å². The first kappa shape index (κ1) is 27.6. The Bertz CT molecular complexity index is 1020. The highest BCUT2D eigenvalue weighted by atomic mass is 19.4. The number of amides is 1. The first-order valence-corrected chi connectivity index (χ1v) is 11.5. The lowest BCUT2D eigenvalue weighted by Crippen LogP contribution is -2.55.